The van der Waals surface area contributed by atoms with Crippen LogP contribution >= 0.6 is 11.8 Å². The smallest absolute Gasteiger partial charge is 0.101 e. The molecular formula is C10H17NS. The molecule has 1 nitrogen and oxygen atoms in total. The second-order valence-corrected chi connectivity index (χ2v) is 6.45. The first-order chi connectivity index (χ1) is 5.62. The maximum Gasteiger partial charge on any atom is 0.101 e. The van der Waals surface area contributed by atoms with E-state index in [1.165, 1.54) is 32.1 Å². The standard InChI is InChI=1S/C10H17NS/c1-9(2)11-8-10(12-9)6-4-3-5-7-10/h8H,3-7H2,1-2H3. The molecule has 2 heteroatoms. The molecule has 0 aromatic heterocycles. The van der Waals surface area contributed by atoms with Crippen LogP contribution in [0.2, 0.25) is 0 Å². The molecule has 0 N–H and O–H groups in total. The average Bonchev–Trinajstić information content (AvgIpc) is 2.29. The third-order valence-electron chi connectivity index (χ3n) is 2.76. The van der Waals surface area contributed by atoms with Gasteiger partial charge in [-0.05, 0) is 26.7 Å². The van der Waals surface area contributed by atoms with Gasteiger partial charge < -0.3 is 0 Å². The first-order valence-corrected chi connectivity index (χ1v) is 5.70. The van der Waals surface area contributed by atoms with Gasteiger partial charge in [0.05, 0.1) is 4.75 Å². The van der Waals surface area contributed by atoms with Crippen molar-refractivity contribution in [1.29, 1.82) is 0 Å². The summed E-state index contributed by atoms with van der Waals surface area (Å²) in [6.07, 6.45) is 9.16. The van der Waals surface area contributed by atoms with Crippen molar-refractivity contribution in [3.63, 3.8) is 0 Å². The van der Waals surface area contributed by atoms with Gasteiger partial charge in [0.2, 0.25) is 0 Å². The summed E-state index contributed by atoms with van der Waals surface area (Å²) < 4.78 is 0.432. The second-order valence-electron chi connectivity index (χ2n) is 4.43. The Kier molecular flexibility index (Phi) is 1.98. The largest absolute Gasteiger partial charge is 0.279 e. The zero-order valence-electron chi connectivity index (χ0n) is 7.97. The van der Waals surface area contributed by atoms with Gasteiger partial charge >= 0.3 is 0 Å². The topological polar surface area (TPSA) is 12.4 Å². The minimum Gasteiger partial charge on any atom is -0.279 e. The fourth-order valence-electron chi connectivity index (χ4n) is 2.20. The minimum absolute atomic E-state index is 0.150. The number of thioether (sulfide) groups is 1. The van der Waals surface area contributed by atoms with Crippen LogP contribution in [0.1, 0.15) is 46.0 Å². The van der Waals surface area contributed by atoms with Crippen molar-refractivity contribution in [2.75, 3.05) is 0 Å². The summed E-state index contributed by atoms with van der Waals surface area (Å²) in [5.74, 6) is 0. The van der Waals surface area contributed by atoms with Gasteiger partial charge in [0.1, 0.15) is 4.87 Å². The monoisotopic (exact) mass is 183 g/mol. The molecule has 0 unspecified atom stereocenters. The summed E-state index contributed by atoms with van der Waals surface area (Å²) in [6.45, 7) is 4.44. The molecular weight excluding hydrogens is 166 g/mol. The van der Waals surface area contributed by atoms with E-state index in [1.807, 2.05) is 0 Å². The molecule has 1 saturated carbocycles. The van der Waals surface area contributed by atoms with Crippen molar-refractivity contribution in [1.82, 2.24) is 0 Å². The van der Waals surface area contributed by atoms with Gasteiger partial charge in [0.25, 0.3) is 0 Å². The fraction of sp³-hybridized carbons (Fsp3) is 0.900. The van der Waals surface area contributed by atoms with E-state index in [0.29, 0.717) is 4.75 Å². The number of hydrogen-bond donors (Lipinski definition) is 0. The Hall–Kier alpha value is 0.0200. The van der Waals surface area contributed by atoms with Crippen LogP contribution < -0.4 is 0 Å². The molecule has 0 saturated heterocycles. The number of nitrogens with zero attached hydrogens (tertiary/aromatic N) is 1. The quantitative estimate of drug-likeness (QED) is 0.561. The third-order valence-corrected chi connectivity index (χ3v) is 4.29. The highest BCUT2D eigenvalue weighted by molar-refractivity contribution is 8.03. The summed E-state index contributed by atoms with van der Waals surface area (Å²) in [6, 6.07) is 0. The van der Waals surface area contributed by atoms with Gasteiger partial charge in [-0.3, -0.25) is 4.99 Å². The van der Waals surface area contributed by atoms with E-state index in [1.54, 1.807) is 0 Å². The maximum atomic E-state index is 4.58. The zero-order chi connectivity index (χ0) is 8.66. The van der Waals surface area contributed by atoms with Crippen LogP contribution in [0.25, 0.3) is 0 Å². The van der Waals surface area contributed by atoms with Crippen molar-refractivity contribution in [3.8, 4) is 0 Å². The molecule has 2 aliphatic rings. The molecule has 0 bridgehead atoms. The van der Waals surface area contributed by atoms with E-state index in [-0.39, 0.29) is 4.87 Å². The van der Waals surface area contributed by atoms with Gasteiger partial charge in [-0.1, -0.05) is 19.3 Å². The Morgan fingerprint density at radius 1 is 1.17 bits per heavy atom. The van der Waals surface area contributed by atoms with Crippen LogP contribution in [0.5, 0.6) is 0 Å². The van der Waals surface area contributed by atoms with Gasteiger partial charge in [0, 0.05) is 6.21 Å². The normalized spacial score (nSPS) is 31.2. The highest BCUT2D eigenvalue weighted by Crippen LogP contribution is 2.49. The van der Waals surface area contributed by atoms with Crippen LogP contribution in [-0.2, 0) is 0 Å². The predicted molar refractivity (Wildman–Crippen MR) is 56.0 cm³/mol. The summed E-state index contributed by atoms with van der Waals surface area (Å²) in [5, 5.41) is 0. The van der Waals surface area contributed by atoms with Crippen LogP contribution in [0.3, 0.4) is 0 Å². The number of rotatable bonds is 0. The number of aliphatic imine (C=N–C) groups is 1. The first-order valence-electron chi connectivity index (χ1n) is 4.89. The van der Waals surface area contributed by atoms with E-state index >= 15 is 0 Å². The van der Waals surface area contributed by atoms with E-state index in [4.69, 9.17) is 0 Å². The average molecular weight is 183 g/mol. The van der Waals surface area contributed by atoms with E-state index in [9.17, 15) is 0 Å². The van der Waals surface area contributed by atoms with Gasteiger partial charge in [0.15, 0.2) is 0 Å². The molecule has 1 aliphatic heterocycles. The van der Waals surface area contributed by atoms with Crippen LogP contribution in [0.15, 0.2) is 4.99 Å². The lowest BCUT2D eigenvalue weighted by Crippen LogP contribution is -2.28. The molecule has 1 fully saturated rings. The molecule has 0 amide bonds. The number of hydrogen-bond acceptors (Lipinski definition) is 2. The Labute approximate surface area is 79.0 Å². The van der Waals surface area contributed by atoms with Crippen molar-refractivity contribution < 1.29 is 0 Å². The summed E-state index contributed by atoms with van der Waals surface area (Å²) in [4.78, 5) is 4.73. The van der Waals surface area contributed by atoms with Crippen LogP contribution in [0, 0.1) is 0 Å². The van der Waals surface area contributed by atoms with Gasteiger partial charge in [-0.25, -0.2) is 0 Å². The van der Waals surface area contributed by atoms with Crippen LogP contribution in [0.4, 0.5) is 0 Å². The van der Waals surface area contributed by atoms with Crippen LogP contribution in [-0.4, -0.2) is 15.8 Å². The molecule has 0 aromatic rings. The first kappa shape index (κ1) is 8.61. The van der Waals surface area contributed by atoms with E-state index in [2.05, 4.69) is 36.8 Å². The Balaban J connectivity index is 2.10. The summed E-state index contributed by atoms with van der Waals surface area (Å²) in [5.41, 5.74) is 0. The third kappa shape index (κ3) is 1.54. The Bertz CT molecular complexity index is 202. The molecule has 0 atom stereocenters. The van der Waals surface area contributed by atoms with Gasteiger partial charge in [-0.15, -0.1) is 11.8 Å². The molecule has 1 spiro atoms. The molecule has 2 rings (SSSR count). The van der Waals surface area contributed by atoms with E-state index < -0.39 is 0 Å². The molecule has 12 heavy (non-hydrogen) atoms. The van der Waals surface area contributed by atoms with Gasteiger partial charge in [-0.2, -0.15) is 0 Å². The van der Waals surface area contributed by atoms with Crippen molar-refractivity contribution in [2.45, 2.75) is 55.6 Å². The zero-order valence-corrected chi connectivity index (χ0v) is 8.78. The van der Waals surface area contributed by atoms with E-state index in [0.717, 1.165) is 0 Å². The van der Waals surface area contributed by atoms with Crippen molar-refractivity contribution in [2.24, 2.45) is 4.99 Å². The van der Waals surface area contributed by atoms with Crippen molar-refractivity contribution in [3.05, 3.63) is 0 Å². The highest BCUT2D eigenvalue weighted by atomic mass is 32.2. The molecule has 68 valence electrons. The lowest BCUT2D eigenvalue weighted by Gasteiger charge is -2.32. The minimum atomic E-state index is 0.150. The molecule has 0 radical (unpaired) electrons. The highest BCUT2D eigenvalue weighted by Gasteiger charge is 2.41. The van der Waals surface area contributed by atoms with Crippen molar-refractivity contribution >= 4 is 18.0 Å². The SMILES string of the molecule is CC1(C)N=CC2(CCCCC2)S1. The molecule has 1 aliphatic carbocycles. The summed E-state index contributed by atoms with van der Waals surface area (Å²) in [7, 11) is 0. The molecule has 1 heterocycles. The lowest BCUT2D eigenvalue weighted by molar-refractivity contribution is 0.477. The second kappa shape index (κ2) is 2.76. The Morgan fingerprint density at radius 3 is 2.33 bits per heavy atom. The molecule has 0 aromatic carbocycles. The lowest BCUT2D eigenvalue weighted by atomic mass is 9.89. The Morgan fingerprint density at radius 2 is 1.83 bits per heavy atom. The fourth-order valence-corrected chi connectivity index (χ4v) is 3.90. The predicted octanol–water partition coefficient (Wildman–Crippen LogP) is 3.24. The maximum absolute atomic E-state index is 4.58. The summed E-state index contributed by atoms with van der Waals surface area (Å²) >= 11 is 2.07.